The van der Waals surface area contributed by atoms with Crippen molar-refractivity contribution < 1.29 is 0 Å². The second-order valence-electron chi connectivity index (χ2n) is 2.12. The fourth-order valence-corrected chi connectivity index (χ4v) is 1.77. The maximum Gasteiger partial charge on any atom is 0.0757 e. The van der Waals surface area contributed by atoms with E-state index < -0.39 is 0 Å². The van der Waals surface area contributed by atoms with Gasteiger partial charge in [-0.05, 0) is 18.8 Å². The Bertz CT molecular complexity index is 120. The molecule has 0 radical (unpaired) electrons. The Morgan fingerprint density at radius 3 is 2.50 bits per heavy atom. The standard InChI is InChI=1S/C6H11NS/c1-5-4-7(3)6(2)8-5/h4,6H,1-3H3. The van der Waals surface area contributed by atoms with Gasteiger partial charge in [0.2, 0.25) is 0 Å². The van der Waals surface area contributed by atoms with Gasteiger partial charge in [0.1, 0.15) is 0 Å². The molecule has 0 spiro atoms. The molecule has 0 aromatic carbocycles. The summed E-state index contributed by atoms with van der Waals surface area (Å²) in [5, 5.41) is 0.648. The number of allylic oxidation sites excluding steroid dienone is 1. The van der Waals surface area contributed by atoms with Gasteiger partial charge in [-0.15, -0.1) is 11.8 Å². The van der Waals surface area contributed by atoms with Crippen LogP contribution in [0.25, 0.3) is 0 Å². The monoisotopic (exact) mass is 129 g/mol. The van der Waals surface area contributed by atoms with Gasteiger partial charge >= 0.3 is 0 Å². The van der Waals surface area contributed by atoms with Gasteiger partial charge in [-0.25, -0.2) is 0 Å². The first kappa shape index (κ1) is 6.02. The fourth-order valence-electron chi connectivity index (χ4n) is 0.774. The van der Waals surface area contributed by atoms with Gasteiger partial charge in [0.05, 0.1) is 5.37 Å². The molecule has 0 aromatic heterocycles. The molecule has 1 atom stereocenters. The van der Waals surface area contributed by atoms with E-state index in [1.807, 2.05) is 11.8 Å². The molecule has 2 heteroatoms. The van der Waals surface area contributed by atoms with Gasteiger partial charge in [-0.2, -0.15) is 0 Å². The predicted octanol–water partition coefficient (Wildman–Crippen LogP) is 1.87. The number of hydrogen-bond acceptors (Lipinski definition) is 2. The normalized spacial score (nSPS) is 28.6. The van der Waals surface area contributed by atoms with Crippen LogP contribution < -0.4 is 0 Å². The molecule has 1 unspecified atom stereocenters. The van der Waals surface area contributed by atoms with Crippen LogP contribution in [0.2, 0.25) is 0 Å². The molecular weight excluding hydrogens is 118 g/mol. The van der Waals surface area contributed by atoms with E-state index in [4.69, 9.17) is 0 Å². The third-order valence-corrected chi connectivity index (χ3v) is 2.47. The van der Waals surface area contributed by atoms with E-state index in [0.29, 0.717) is 5.37 Å². The molecular formula is C6H11NS. The molecule has 1 heterocycles. The van der Waals surface area contributed by atoms with Crippen LogP contribution in [0.5, 0.6) is 0 Å². The van der Waals surface area contributed by atoms with E-state index in [1.54, 1.807) is 0 Å². The van der Waals surface area contributed by atoms with Crippen molar-refractivity contribution in [1.82, 2.24) is 4.90 Å². The maximum atomic E-state index is 2.22. The van der Waals surface area contributed by atoms with E-state index in [-0.39, 0.29) is 0 Å². The molecule has 0 saturated heterocycles. The molecule has 46 valence electrons. The van der Waals surface area contributed by atoms with Crippen LogP contribution in [0.1, 0.15) is 13.8 Å². The first-order valence-corrected chi connectivity index (χ1v) is 3.65. The minimum absolute atomic E-state index is 0.648. The molecule has 0 fully saturated rings. The summed E-state index contributed by atoms with van der Waals surface area (Å²) in [7, 11) is 2.11. The summed E-state index contributed by atoms with van der Waals surface area (Å²) < 4.78 is 0. The Hall–Kier alpha value is -0.110. The smallest absolute Gasteiger partial charge is 0.0757 e. The van der Waals surface area contributed by atoms with Gasteiger partial charge in [-0.3, -0.25) is 0 Å². The van der Waals surface area contributed by atoms with Crippen LogP contribution in [0, 0.1) is 0 Å². The van der Waals surface area contributed by atoms with Crippen molar-refractivity contribution in [3.05, 3.63) is 11.1 Å². The fraction of sp³-hybridized carbons (Fsp3) is 0.667. The Labute approximate surface area is 54.8 Å². The molecule has 1 rings (SSSR count). The lowest BCUT2D eigenvalue weighted by Gasteiger charge is -2.12. The SMILES string of the molecule is CC1=CN(C)C(C)S1. The Balaban J connectivity index is 2.56. The Morgan fingerprint density at radius 2 is 2.38 bits per heavy atom. The van der Waals surface area contributed by atoms with E-state index in [9.17, 15) is 0 Å². The summed E-state index contributed by atoms with van der Waals surface area (Å²) in [4.78, 5) is 3.64. The largest absolute Gasteiger partial charge is 0.368 e. The minimum atomic E-state index is 0.648. The summed E-state index contributed by atoms with van der Waals surface area (Å²) in [5.41, 5.74) is 0. The number of thioether (sulfide) groups is 1. The summed E-state index contributed by atoms with van der Waals surface area (Å²) in [6, 6.07) is 0. The van der Waals surface area contributed by atoms with Crippen molar-refractivity contribution >= 4 is 11.8 Å². The van der Waals surface area contributed by atoms with Gasteiger partial charge in [0.15, 0.2) is 0 Å². The van der Waals surface area contributed by atoms with Crippen molar-refractivity contribution in [2.75, 3.05) is 7.05 Å². The summed E-state index contributed by atoms with van der Waals surface area (Å²) in [6.45, 7) is 4.35. The molecule has 0 amide bonds. The summed E-state index contributed by atoms with van der Waals surface area (Å²) in [5.74, 6) is 0. The average Bonchev–Trinajstić information content (AvgIpc) is 1.85. The molecule has 1 aliphatic rings. The topological polar surface area (TPSA) is 3.24 Å². The lowest BCUT2D eigenvalue weighted by molar-refractivity contribution is 0.459. The van der Waals surface area contributed by atoms with Crippen LogP contribution in [0.3, 0.4) is 0 Å². The van der Waals surface area contributed by atoms with Crippen molar-refractivity contribution in [2.45, 2.75) is 19.2 Å². The van der Waals surface area contributed by atoms with Gasteiger partial charge < -0.3 is 4.90 Å². The van der Waals surface area contributed by atoms with Crippen LogP contribution >= 0.6 is 11.8 Å². The highest BCUT2D eigenvalue weighted by molar-refractivity contribution is 8.03. The zero-order valence-corrected chi connectivity index (χ0v) is 6.33. The first-order valence-electron chi connectivity index (χ1n) is 2.77. The van der Waals surface area contributed by atoms with Crippen LogP contribution in [0.4, 0.5) is 0 Å². The highest BCUT2D eigenvalue weighted by atomic mass is 32.2. The van der Waals surface area contributed by atoms with E-state index in [0.717, 1.165) is 0 Å². The quantitative estimate of drug-likeness (QED) is 0.491. The molecule has 8 heavy (non-hydrogen) atoms. The zero-order chi connectivity index (χ0) is 6.15. The van der Waals surface area contributed by atoms with Gasteiger partial charge in [-0.1, -0.05) is 0 Å². The zero-order valence-electron chi connectivity index (χ0n) is 5.51. The van der Waals surface area contributed by atoms with Gasteiger partial charge in [0.25, 0.3) is 0 Å². The Morgan fingerprint density at radius 1 is 1.75 bits per heavy atom. The molecule has 0 N–H and O–H groups in total. The van der Waals surface area contributed by atoms with Crippen molar-refractivity contribution in [2.24, 2.45) is 0 Å². The lowest BCUT2D eigenvalue weighted by atomic mass is 10.6. The van der Waals surface area contributed by atoms with E-state index >= 15 is 0 Å². The molecule has 0 saturated carbocycles. The number of nitrogens with zero attached hydrogens (tertiary/aromatic N) is 1. The van der Waals surface area contributed by atoms with Crippen LogP contribution in [0.15, 0.2) is 11.1 Å². The minimum Gasteiger partial charge on any atom is -0.368 e. The van der Waals surface area contributed by atoms with Crippen molar-refractivity contribution in [3.63, 3.8) is 0 Å². The van der Waals surface area contributed by atoms with Crippen molar-refractivity contribution in [3.8, 4) is 0 Å². The van der Waals surface area contributed by atoms with E-state index in [2.05, 4.69) is 32.0 Å². The summed E-state index contributed by atoms with van der Waals surface area (Å²) in [6.07, 6.45) is 2.18. The molecule has 0 bridgehead atoms. The highest BCUT2D eigenvalue weighted by Crippen LogP contribution is 2.29. The highest BCUT2D eigenvalue weighted by Gasteiger charge is 2.13. The number of hydrogen-bond donors (Lipinski definition) is 0. The molecule has 1 aliphatic heterocycles. The second kappa shape index (κ2) is 2.02. The third kappa shape index (κ3) is 0.996. The first-order chi connectivity index (χ1) is 3.70. The lowest BCUT2D eigenvalue weighted by Crippen LogP contribution is -2.14. The molecule has 0 aromatic rings. The number of rotatable bonds is 0. The maximum absolute atomic E-state index is 2.22. The second-order valence-corrected chi connectivity index (χ2v) is 3.68. The van der Waals surface area contributed by atoms with Crippen LogP contribution in [-0.4, -0.2) is 17.3 Å². The Kier molecular flexibility index (Phi) is 1.52. The molecule has 1 nitrogen and oxygen atoms in total. The van der Waals surface area contributed by atoms with E-state index in [1.165, 1.54) is 4.91 Å². The van der Waals surface area contributed by atoms with Crippen molar-refractivity contribution in [1.29, 1.82) is 0 Å². The van der Waals surface area contributed by atoms with Gasteiger partial charge in [0, 0.05) is 13.2 Å². The van der Waals surface area contributed by atoms with Crippen LogP contribution in [-0.2, 0) is 0 Å². The molecule has 0 aliphatic carbocycles. The average molecular weight is 129 g/mol. The predicted molar refractivity (Wildman–Crippen MR) is 38.6 cm³/mol. The summed E-state index contributed by atoms with van der Waals surface area (Å²) >= 11 is 1.92. The third-order valence-electron chi connectivity index (χ3n) is 1.32.